The molecule has 8 heteroatoms. The first-order valence-electron chi connectivity index (χ1n) is 9.65. The van der Waals surface area contributed by atoms with Gasteiger partial charge in [-0.3, -0.25) is 4.79 Å². The molecule has 4 rings (SSSR count). The Bertz CT molecular complexity index is 1010. The second-order valence-corrected chi connectivity index (χ2v) is 8.02. The van der Waals surface area contributed by atoms with E-state index in [4.69, 9.17) is 9.47 Å². The molecule has 1 fully saturated rings. The van der Waals surface area contributed by atoms with Gasteiger partial charge in [0.2, 0.25) is 0 Å². The molecule has 0 bridgehead atoms. The zero-order valence-electron chi connectivity index (χ0n) is 16.5. The van der Waals surface area contributed by atoms with Gasteiger partial charge >= 0.3 is 0 Å². The Morgan fingerprint density at radius 2 is 2.28 bits per heavy atom. The van der Waals surface area contributed by atoms with Gasteiger partial charge in [0.25, 0.3) is 5.91 Å². The molecule has 1 saturated heterocycles. The number of methoxy groups -OCH3 is 1. The molecule has 3 aromatic rings. The molecule has 1 aromatic carbocycles. The molecule has 7 nitrogen and oxygen atoms in total. The standard InChI is InChI=1S/C21H24N4O3S/c1-13-17-19(22-8-6-14-4-3-5-16(10-14)27-2)23-12-24-21(17)29-18(13)20(26)25-15-7-9-28-11-15/h3-5,10,12,15H,6-9,11H2,1-2H3,(H,25,26)(H,22,23,24)/t15-/m0/s1. The Kier molecular flexibility index (Phi) is 5.92. The number of hydrogen-bond acceptors (Lipinski definition) is 7. The maximum absolute atomic E-state index is 12.7. The predicted molar refractivity (Wildman–Crippen MR) is 114 cm³/mol. The van der Waals surface area contributed by atoms with Crippen molar-refractivity contribution in [1.29, 1.82) is 0 Å². The first-order chi connectivity index (χ1) is 14.2. The van der Waals surface area contributed by atoms with Crippen LogP contribution in [0.3, 0.4) is 0 Å². The highest BCUT2D eigenvalue weighted by Gasteiger charge is 2.23. The summed E-state index contributed by atoms with van der Waals surface area (Å²) in [5, 5.41) is 7.37. The van der Waals surface area contributed by atoms with Crippen molar-refractivity contribution in [3.8, 4) is 5.75 Å². The number of ether oxygens (including phenoxy) is 2. The molecule has 1 aliphatic heterocycles. The van der Waals surface area contributed by atoms with E-state index in [1.165, 1.54) is 16.9 Å². The molecule has 1 aliphatic rings. The second-order valence-electron chi connectivity index (χ2n) is 7.02. The molecule has 0 unspecified atom stereocenters. The van der Waals surface area contributed by atoms with Gasteiger partial charge in [-0.25, -0.2) is 9.97 Å². The third kappa shape index (κ3) is 4.33. The van der Waals surface area contributed by atoms with Gasteiger partial charge in [0.1, 0.15) is 22.7 Å². The van der Waals surface area contributed by atoms with Gasteiger partial charge in [0.15, 0.2) is 0 Å². The molecule has 1 atom stereocenters. The minimum absolute atomic E-state index is 0.0664. The average molecular weight is 413 g/mol. The van der Waals surface area contributed by atoms with Crippen molar-refractivity contribution >= 4 is 33.3 Å². The van der Waals surface area contributed by atoms with Crippen LogP contribution in [0.1, 0.15) is 27.2 Å². The van der Waals surface area contributed by atoms with Gasteiger partial charge in [-0.05, 0) is 43.0 Å². The molecular weight excluding hydrogens is 388 g/mol. The smallest absolute Gasteiger partial charge is 0.262 e. The van der Waals surface area contributed by atoms with Gasteiger partial charge in [-0.2, -0.15) is 0 Å². The van der Waals surface area contributed by atoms with Gasteiger partial charge in [-0.15, -0.1) is 11.3 Å². The summed E-state index contributed by atoms with van der Waals surface area (Å²) in [4.78, 5) is 23.0. The summed E-state index contributed by atoms with van der Waals surface area (Å²) in [5.74, 6) is 1.54. The Morgan fingerprint density at radius 1 is 1.38 bits per heavy atom. The van der Waals surface area contributed by atoms with E-state index >= 15 is 0 Å². The lowest BCUT2D eigenvalue weighted by atomic mass is 10.1. The molecule has 2 N–H and O–H groups in total. The SMILES string of the molecule is COc1cccc(CCNc2ncnc3sc(C(=O)N[C@H]4CCOC4)c(C)c23)c1. The van der Waals surface area contributed by atoms with Crippen molar-refractivity contribution in [2.75, 3.05) is 32.2 Å². The molecule has 0 saturated carbocycles. The Hall–Kier alpha value is -2.71. The Labute approximate surface area is 173 Å². The number of thiophene rings is 1. The number of fused-ring (bicyclic) bond motifs is 1. The van der Waals surface area contributed by atoms with Gasteiger partial charge in [0.05, 0.1) is 30.0 Å². The predicted octanol–water partition coefficient (Wildman–Crippen LogP) is 3.18. The van der Waals surface area contributed by atoms with Crippen LogP contribution in [0.2, 0.25) is 0 Å². The summed E-state index contributed by atoms with van der Waals surface area (Å²) in [6.07, 6.45) is 3.23. The zero-order valence-corrected chi connectivity index (χ0v) is 17.3. The maximum Gasteiger partial charge on any atom is 0.262 e. The van der Waals surface area contributed by atoms with Crippen molar-refractivity contribution in [2.45, 2.75) is 25.8 Å². The molecule has 0 aliphatic carbocycles. The van der Waals surface area contributed by atoms with Crippen LogP contribution in [0.5, 0.6) is 5.75 Å². The van der Waals surface area contributed by atoms with E-state index in [1.807, 2.05) is 25.1 Å². The topological polar surface area (TPSA) is 85.4 Å². The molecule has 1 amide bonds. The van der Waals surface area contributed by atoms with Gasteiger partial charge < -0.3 is 20.1 Å². The molecule has 152 valence electrons. The third-order valence-electron chi connectivity index (χ3n) is 5.04. The monoisotopic (exact) mass is 412 g/mol. The molecule has 29 heavy (non-hydrogen) atoms. The number of nitrogens with zero attached hydrogens (tertiary/aromatic N) is 2. The van der Waals surface area contributed by atoms with Crippen LogP contribution in [0.25, 0.3) is 10.2 Å². The van der Waals surface area contributed by atoms with E-state index in [0.29, 0.717) is 18.1 Å². The highest BCUT2D eigenvalue weighted by molar-refractivity contribution is 7.20. The number of rotatable bonds is 7. The fraction of sp³-hybridized carbons (Fsp3) is 0.381. The van der Waals surface area contributed by atoms with Crippen molar-refractivity contribution in [3.05, 3.63) is 46.6 Å². The van der Waals surface area contributed by atoms with Crippen molar-refractivity contribution in [1.82, 2.24) is 15.3 Å². The number of benzene rings is 1. The fourth-order valence-corrected chi connectivity index (χ4v) is 4.53. The average Bonchev–Trinajstić information content (AvgIpc) is 3.36. The molecule has 0 radical (unpaired) electrons. The number of aromatic nitrogens is 2. The summed E-state index contributed by atoms with van der Waals surface area (Å²) < 4.78 is 10.6. The quantitative estimate of drug-likeness (QED) is 0.620. The van der Waals surface area contributed by atoms with E-state index in [2.05, 4.69) is 26.7 Å². The van der Waals surface area contributed by atoms with Crippen LogP contribution in [0.4, 0.5) is 5.82 Å². The maximum atomic E-state index is 12.7. The Balaban J connectivity index is 1.49. The molecular formula is C21H24N4O3S. The van der Waals surface area contributed by atoms with Crippen LogP contribution in [-0.4, -0.2) is 48.8 Å². The number of aryl methyl sites for hydroxylation is 1. The summed E-state index contributed by atoms with van der Waals surface area (Å²) in [6.45, 7) is 3.95. The summed E-state index contributed by atoms with van der Waals surface area (Å²) in [5.41, 5.74) is 2.09. The molecule has 0 spiro atoms. The fourth-order valence-electron chi connectivity index (χ4n) is 3.47. The second kappa shape index (κ2) is 8.75. The van der Waals surface area contributed by atoms with Crippen molar-refractivity contribution < 1.29 is 14.3 Å². The van der Waals surface area contributed by atoms with Crippen LogP contribution < -0.4 is 15.4 Å². The first-order valence-corrected chi connectivity index (χ1v) is 10.5. The first kappa shape index (κ1) is 19.6. The minimum atomic E-state index is -0.0664. The summed E-state index contributed by atoms with van der Waals surface area (Å²) in [6, 6.07) is 8.11. The number of anilines is 1. The van der Waals surface area contributed by atoms with Crippen LogP contribution >= 0.6 is 11.3 Å². The molecule has 3 heterocycles. The zero-order chi connectivity index (χ0) is 20.2. The lowest BCUT2D eigenvalue weighted by molar-refractivity contribution is 0.0933. The number of carbonyl (C=O) groups is 1. The van der Waals surface area contributed by atoms with E-state index in [0.717, 1.165) is 46.7 Å². The summed E-state index contributed by atoms with van der Waals surface area (Å²) in [7, 11) is 1.67. The number of amides is 1. The van der Waals surface area contributed by atoms with E-state index in [1.54, 1.807) is 13.4 Å². The molecule has 2 aromatic heterocycles. The van der Waals surface area contributed by atoms with E-state index < -0.39 is 0 Å². The van der Waals surface area contributed by atoms with Crippen molar-refractivity contribution in [3.63, 3.8) is 0 Å². The number of nitrogens with one attached hydrogen (secondary N) is 2. The van der Waals surface area contributed by atoms with E-state index in [-0.39, 0.29) is 11.9 Å². The third-order valence-corrected chi connectivity index (χ3v) is 6.24. The largest absolute Gasteiger partial charge is 0.497 e. The Morgan fingerprint density at radius 3 is 3.07 bits per heavy atom. The lowest BCUT2D eigenvalue weighted by Gasteiger charge is -2.10. The van der Waals surface area contributed by atoms with Crippen LogP contribution in [0, 0.1) is 6.92 Å². The summed E-state index contributed by atoms with van der Waals surface area (Å²) >= 11 is 1.40. The highest BCUT2D eigenvalue weighted by atomic mass is 32.1. The lowest BCUT2D eigenvalue weighted by Crippen LogP contribution is -2.34. The highest BCUT2D eigenvalue weighted by Crippen LogP contribution is 2.33. The minimum Gasteiger partial charge on any atom is -0.497 e. The van der Waals surface area contributed by atoms with Gasteiger partial charge in [0, 0.05) is 13.2 Å². The normalized spacial score (nSPS) is 16.1. The van der Waals surface area contributed by atoms with E-state index in [9.17, 15) is 4.79 Å². The van der Waals surface area contributed by atoms with Crippen LogP contribution in [-0.2, 0) is 11.2 Å². The van der Waals surface area contributed by atoms with Crippen molar-refractivity contribution in [2.24, 2.45) is 0 Å². The number of carbonyl (C=O) groups excluding carboxylic acids is 1. The number of hydrogen-bond donors (Lipinski definition) is 2. The van der Waals surface area contributed by atoms with Crippen LogP contribution in [0.15, 0.2) is 30.6 Å². The van der Waals surface area contributed by atoms with Gasteiger partial charge in [-0.1, -0.05) is 12.1 Å².